The molecular weight excluding hydrogens is 250 g/mol. The van der Waals surface area contributed by atoms with Crippen LogP contribution in [0.2, 0.25) is 0 Å². The summed E-state index contributed by atoms with van der Waals surface area (Å²) in [5.74, 6) is 4.33. The van der Waals surface area contributed by atoms with Gasteiger partial charge in [-0.3, -0.25) is 11.3 Å². The lowest BCUT2D eigenvalue weighted by Gasteiger charge is -2.25. The van der Waals surface area contributed by atoms with E-state index in [0.29, 0.717) is 12.0 Å². The molecule has 1 aromatic carbocycles. The van der Waals surface area contributed by atoms with Crippen LogP contribution in [0, 0.1) is 11.6 Å². The molecule has 1 saturated heterocycles. The Bertz CT molecular complexity index is 388. The van der Waals surface area contributed by atoms with Crippen LogP contribution in [-0.2, 0) is 4.74 Å². The lowest BCUT2D eigenvalue weighted by Crippen LogP contribution is -2.30. The molecule has 0 saturated carbocycles. The number of nitrogens with two attached hydrogens (primary N) is 1. The van der Waals surface area contributed by atoms with Crippen LogP contribution in [0.1, 0.15) is 43.7 Å². The van der Waals surface area contributed by atoms with Crippen molar-refractivity contribution in [3.63, 3.8) is 0 Å². The van der Waals surface area contributed by atoms with Crippen molar-refractivity contribution < 1.29 is 13.5 Å². The molecule has 1 aliphatic heterocycles. The maximum absolute atomic E-state index is 13.2. The summed E-state index contributed by atoms with van der Waals surface area (Å²) in [6.07, 6.45) is 5.12. The molecule has 0 radical (unpaired) electrons. The van der Waals surface area contributed by atoms with Crippen LogP contribution >= 0.6 is 0 Å². The number of hydrogen-bond acceptors (Lipinski definition) is 3. The Balaban J connectivity index is 1.95. The highest BCUT2D eigenvalue weighted by molar-refractivity contribution is 5.21. The number of benzene rings is 1. The Morgan fingerprint density at radius 2 is 2.00 bits per heavy atom. The molecule has 2 unspecified atom stereocenters. The van der Waals surface area contributed by atoms with Gasteiger partial charge in [-0.15, -0.1) is 0 Å². The van der Waals surface area contributed by atoms with E-state index >= 15 is 0 Å². The average Bonchev–Trinajstić information content (AvgIpc) is 2.39. The van der Waals surface area contributed by atoms with Gasteiger partial charge in [-0.05, 0) is 49.8 Å². The zero-order valence-electron chi connectivity index (χ0n) is 10.9. The molecule has 2 rings (SSSR count). The van der Waals surface area contributed by atoms with Crippen molar-refractivity contribution in [2.45, 2.75) is 44.2 Å². The van der Waals surface area contributed by atoms with E-state index in [2.05, 4.69) is 5.43 Å². The van der Waals surface area contributed by atoms with Gasteiger partial charge in [-0.2, -0.15) is 0 Å². The predicted molar refractivity (Wildman–Crippen MR) is 69.2 cm³/mol. The van der Waals surface area contributed by atoms with Crippen LogP contribution < -0.4 is 11.3 Å². The van der Waals surface area contributed by atoms with Crippen molar-refractivity contribution in [2.24, 2.45) is 5.84 Å². The van der Waals surface area contributed by atoms with Crippen molar-refractivity contribution in [3.8, 4) is 0 Å². The highest BCUT2D eigenvalue weighted by atomic mass is 19.1. The minimum absolute atomic E-state index is 0.239. The third-order valence-electron chi connectivity index (χ3n) is 3.54. The summed E-state index contributed by atoms with van der Waals surface area (Å²) in [4.78, 5) is 0. The number of nitrogens with one attached hydrogen (secondary N) is 1. The fourth-order valence-electron chi connectivity index (χ4n) is 2.51. The number of hydrogen-bond donors (Lipinski definition) is 2. The summed E-state index contributed by atoms with van der Waals surface area (Å²) in [6, 6.07) is 3.24. The van der Waals surface area contributed by atoms with Crippen molar-refractivity contribution in [1.29, 1.82) is 0 Å². The zero-order chi connectivity index (χ0) is 13.7. The number of rotatable bonds is 5. The molecule has 3 N–H and O–H groups in total. The Morgan fingerprint density at radius 1 is 1.26 bits per heavy atom. The van der Waals surface area contributed by atoms with Crippen LogP contribution in [0.5, 0.6) is 0 Å². The zero-order valence-corrected chi connectivity index (χ0v) is 10.9. The lowest BCUT2D eigenvalue weighted by molar-refractivity contribution is 0.00854. The van der Waals surface area contributed by atoms with Gasteiger partial charge in [0.15, 0.2) is 0 Å². The van der Waals surface area contributed by atoms with Crippen molar-refractivity contribution in [1.82, 2.24) is 5.43 Å². The summed E-state index contributed by atoms with van der Waals surface area (Å²) < 4.78 is 32.0. The van der Waals surface area contributed by atoms with E-state index in [-0.39, 0.29) is 12.1 Å². The Morgan fingerprint density at radius 3 is 2.58 bits per heavy atom. The van der Waals surface area contributed by atoms with Crippen LogP contribution in [0.25, 0.3) is 0 Å². The Hall–Kier alpha value is -1.04. The molecule has 0 aromatic heterocycles. The van der Waals surface area contributed by atoms with Crippen molar-refractivity contribution in [2.75, 3.05) is 6.61 Å². The molecule has 0 amide bonds. The molecule has 2 atom stereocenters. The summed E-state index contributed by atoms with van der Waals surface area (Å²) in [7, 11) is 0. The van der Waals surface area contributed by atoms with Gasteiger partial charge in [0, 0.05) is 18.7 Å². The molecule has 1 aliphatic rings. The molecule has 1 aromatic rings. The summed E-state index contributed by atoms with van der Waals surface area (Å²) >= 11 is 0. The first kappa shape index (κ1) is 14.4. The molecule has 19 heavy (non-hydrogen) atoms. The maximum atomic E-state index is 13.2. The smallest absolute Gasteiger partial charge is 0.126 e. The quantitative estimate of drug-likeness (QED) is 0.639. The minimum atomic E-state index is -0.579. The number of hydrazine groups is 1. The van der Waals surface area contributed by atoms with E-state index in [9.17, 15) is 8.78 Å². The average molecular weight is 270 g/mol. The Labute approximate surface area is 112 Å². The first-order chi connectivity index (χ1) is 9.19. The molecule has 5 heteroatoms. The Kier molecular flexibility index (Phi) is 5.24. The monoisotopic (exact) mass is 270 g/mol. The van der Waals surface area contributed by atoms with E-state index in [1.54, 1.807) is 0 Å². The normalized spacial score (nSPS) is 21.3. The van der Waals surface area contributed by atoms with E-state index in [1.807, 2.05) is 0 Å². The number of ether oxygens (including phenoxy) is 1. The standard InChI is InChI=1S/C14H20F2N2O/c15-11-7-10(8-12(16)9-11)14(18-17)5-4-13-3-1-2-6-19-13/h7-9,13-14,18H,1-6,17H2. The van der Waals surface area contributed by atoms with Gasteiger partial charge >= 0.3 is 0 Å². The first-order valence-electron chi connectivity index (χ1n) is 6.73. The summed E-state index contributed by atoms with van der Waals surface area (Å²) in [5, 5.41) is 0. The lowest BCUT2D eigenvalue weighted by atomic mass is 9.97. The molecule has 0 aliphatic carbocycles. The molecule has 1 heterocycles. The van der Waals surface area contributed by atoms with E-state index in [0.717, 1.165) is 31.9 Å². The van der Waals surface area contributed by atoms with Gasteiger partial charge in [0.05, 0.1) is 6.10 Å². The minimum Gasteiger partial charge on any atom is -0.378 e. The first-order valence-corrected chi connectivity index (χ1v) is 6.73. The van der Waals surface area contributed by atoms with Gasteiger partial charge in [-0.25, -0.2) is 8.78 Å². The summed E-state index contributed by atoms with van der Waals surface area (Å²) in [5.41, 5.74) is 3.16. The van der Waals surface area contributed by atoms with Gasteiger partial charge in [0.25, 0.3) is 0 Å². The van der Waals surface area contributed by atoms with E-state index < -0.39 is 11.6 Å². The van der Waals surface area contributed by atoms with E-state index in [1.165, 1.54) is 18.6 Å². The van der Waals surface area contributed by atoms with Crippen LogP contribution in [0.3, 0.4) is 0 Å². The number of halogens is 2. The molecule has 106 valence electrons. The van der Waals surface area contributed by atoms with Gasteiger partial charge in [0.2, 0.25) is 0 Å². The molecular formula is C14H20F2N2O. The second kappa shape index (κ2) is 6.93. The van der Waals surface area contributed by atoms with E-state index in [4.69, 9.17) is 10.6 Å². The van der Waals surface area contributed by atoms with Gasteiger partial charge in [-0.1, -0.05) is 0 Å². The van der Waals surface area contributed by atoms with Gasteiger partial charge < -0.3 is 4.74 Å². The second-order valence-corrected chi connectivity index (χ2v) is 4.99. The van der Waals surface area contributed by atoms with Gasteiger partial charge in [0.1, 0.15) is 11.6 Å². The SMILES string of the molecule is NNC(CCC1CCCCO1)c1cc(F)cc(F)c1. The fourth-order valence-corrected chi connectivity index (χ4v) is 2.51. The van der Waals surface area contributed by atoms with Crippen LogP contribution in [-0.4, -0.2) is 12.7 Å². The van der Waals surface area contributed by atoms with Crippen LogP contribution in [0.4, 0.5) is 8.78 Å². The summed E-state index contributed by atoms with van der Waals surface area (Å²) in [6.45, 7) is 0.806. The fraction of sp³-hybridized carbons (Fsp3) is 0.571. The molecule has 0 spiro atoms. The molecule has 3 nitrogen and oxygen atoms in total. The third-order valence-corrected chi connectivity index (χ3v) is 3.54. The largest absolute Gasteiger partial charge is 0.378 e. The van der Waals surface area contributed by atoms with Crippen LogP contribution in [0.15, 0.2) is 18.2 Å². The highest BCUT2D eigenvalue weighted by Crippen LogP contribution is 2.24. The molecule has 0 bridgehead atoms. The van der Waals surface area contributed by atoms with Crippen molar-refractivity contribution >= 4 is 0 Å². The second-order valence-electron chi connectivity index (χ2n) is 4.99. The predicted octanol–water partition coefficient (Wildman–Crippen LogP) is 2.82. The topological polar surface area (TPSA) is 47.3 Å². The van der Waals surface area contributed by atoms with Crippen molar-refractivity contribution in [3.05, 3.63) is 35.4 Å². The highest BCUT2D eigenvalue weighted by Gasteiger charge is 2.18. The third kappa shape index (κ3) is 4.23. The maximum Gasteiger partial charge on any atom is 0.126 e. The molecule has 1 fully saturated rings.